The van der Waals surface area contributed by atoms with Crippen LogP contribution in [0.4, 0.5) is 0 Å². The van der Waals surface area contributed by atoms with Gasteiger partial charge in [-0.15, -0.1) is 0 Å². The van der Waals surface area contributed by atoms with E-state index in [1.54, 1.807) is 0 Å². The van der Waals surface area contributed by atoms with Crippen molar-refractivity contribution in [2.24, 2.45) is 0 Å². The quantitative estimate of drug-likeness (QED) is 0.697. The van der Waals surface area contributed by atoms with Gasteiger partial charge in [0.1, 0.15) is 0 Å². The van der Waals surface area contributed by atoms with Gasteiger partial charge in [-0.2, -0.15) is 0 Å². The van der Waals surface area contributed by atoms with Crippen molar-refractivity contribution in [1.29, 1.82) is 0 Å². The molecule has 0 atom stereocenters. The Labute approximate surface area is 123 Å². The Balaban J connectivity index is 2.09. The van der Waals surface area contributed by atoms with Crippen LogP contribution in [0.3, 0.4) is 0 Å². The summed E-state index contributed by atoms with van der Waals surface area (Å²) >= 11 is 0. The van der Waals surface area contributed by atoms with Gasteiger partial charge in [-0.3, -0.25) is 0 Å². The number of aromatic nitrogens is 1. The Morgan fingerprint density at radius 3 is 2.48 bits per heavy atom. The number of hydrogen-bond donors (Lipinski definition) is 1. The van der Waals surface area contributed by atoms with Crippen molar-refractivity contribution in [1.82, 2.24) is 4.57 Å². The highest BCUT2D eigenvalue weighted by molar-refractivity contribution is 6.45. The first-order chi connectivity index (χ1) is 10.4. The lowest BCUT2D eigenvalue weighted by Crippen LogP contribution is -2.30. The minimum atomic E-state index is 0.819. The fraction of sp³-hybridized carbons (Fsp3) is 0.111. The molecular weight excluding hydrogens is 257 g/mol. The Morgan fingerprint density at radius 2 is 1.67 bits per heavy atom. The number of para-hydroxylation sites is 1. The molecule has 1 radical (unpaired) electrons. The average molecular weight is 272 g/mol. The highest BCUT2D eigenvalue weighted by Crippen LogP contribution is 2.15. The number of rotatable bonds is 2. The fourth-order valence-electron chi connectivity index (χ4n) is 3.14. The van der Waals surface area contributed by atoms with Gasteiger partial charge in [-0.05, 0) is 31.0 Å². The average Bonchev–Trinajstić information content (AvgIpc) is 2.90. The first kappa shape index (κ1) is 12.5. The molecule has 2 aromatic carbocycles. The van der Waals surface area contributed by atoms with Gasteiger partial charge in [0.2, 0.25) is 0 Å². The lowest BCUT2D eigenvalue weighted by molar-refractivity contribution is 0.615. The van der Waals surface area contributed by atoms with E-state index in [0.717, 1.165) is 31.5 Å². The SMILES string of the molecule is O[B]c1ccc(-n2c3c(c4ccccc42)=CCCC=3)cc1. The van der Waals surface area contributed by atoms with Crippen LogP contribution >= 0.6 is 0 Å². The maximum atomic E-state index is 9.08. The van der Waals surface area contributed by atoms with Crippen LogP contribution in [0.5, 0.6) is 0 Å². The molecule has 4 rings (SSSR count). The summed E-state index contributed by atoms with van der Waals surface area (Å²) < 4.78 is 2.31. The Kier molecular flexibility index (Phi) is 2.93. The van der Waals surface area contributed by atoms with Crippen LogP contribution in [0, 0.1) is 0 Å². The Hall–Kier alpha value is -2.26. The standard InChI is InChI=1S/C18H15BNO/c21-19-13-9-11-14(12-10-13)20-17-7-3-1-5-15(17)16-6-2-4-8-18(16)20/h1,3,5-12,21H,2,4H2. The summed E-state index contributed by atoms with van der Waals surface area (Å²) in [5.41, 5.74) is 3.18. The van der Waals surface area contributed by atoms with Crippen molar-refractivity contribution in [2.45, 2.75) is 12.8 Å². The Morgan fingerprint density at radius 1 is 0.905 bits per heavy atom. The molecule has 2 nitrogen and oxygen atoms in total. The molecule has 21 heavy (non-hydrogen) atoms. The van der Waals surface area contributed by atoms with Crippen molar-refractivity contribution >= 4 is 36.0 Å². The molecule has 0 spiro atoms. The van der Waals surface area contributed by atoms with Gasteiger partial charge < -0.3 is 9.59 Å². The molecule has 0 unspecified atom stereocenters. The highest BCUT2D eigenvalue weighted by Gasteiger charge is 2.10. The second-order valence-electron chi connectivity index (χ2n) is 5.36. The molecule has 0 saturated carbocycles. The first-order valence-corrected chi connectivity index (χ1v) is 7.26. The molecule has 0 amide bonds. The topological polar surface area (TPSA) is 25.2 Å². The summed E-state index contributed by atoms with van der Waals surface area (Å²) in [6.45, 7) is 0. The van der Waals surface area contributed by atoms with Gasteiger partial charge in [0.15, 0.2) is 0 Å². The third kappa shape index (κ3) is 1.93. The van der Waals surface area contributed by atoms with E-state index in [9.17, 15) is 0 Å². The van der Waals surface area contributed by atoms with Gasteiger partial charge in [-0.25, -0.2) is 0 Å². The maximum absolute atomic E-state index is 9.08. The molecule has 1 N–H and O–H groups in total. The molecule has 0 aliphatic heterocycles. The second kappa shape index (κ2) is 4.94. The van der Waals surface area contributed by atoms with Gasteiger partial charge in [0, 0.05) is 21.6 Å². The van der Waals surface area contributed by atoms with Crippen LogP contribution in [0.25, 0.3) is 28.7 Å². The van der Waals surface area contributed by atoms with Crippen molar-refractivity contribution in [3.8, 4) is 5.69 Å². The molecule has 3 heteroatoms. The number of nitrogens with zero attached hydrogens (tertiary/aromatic N) is 1. The van der Waals surface area contributed by atoms with Crippen LogP contribution in [-0.2, 0) is 0 Å². The Bertz CT molecular complexity index is 922. The third-order valence-corrected chi connectivity index (χ3v) is 4.11. The molecule has 0 bridgehead atoms. The zero-order valence-electron chi connectivity index (χ0n) is 11.7. The number of fused-ring (bicyclic) bond motifs is 3. The monoisotopic (exact) mass is 272 g/mol. The van der Waals surface area contributed by atoms with Crippen molar-refractivity contribution < 1.29 is 5.02 Å². The first-order valence-electron chi connectivity index (χ1n) is 7.26. The predicted molar refractivity (Wildman–Crippen MR) is 88.3 cm³/mol. The lowest BCUT2D eigenvalue weighted by atomic mass is 9.89. The highest BCUT2D eigenvalue weighted by atomic mass is 16.2. The predicted octanol–water partition coefficient (Wildman–Crippen LogP) is 1.22. The molecule has 1 heterocycles. The van der Waals surface area contributed by atoms with Crippen molar-refractivity contribution in [3.63, 3.8) is 0 Å². The van der Waals surface area contributed by atoms with Gasteiger partial charge >= 0.3 is 7.48 Å². The molecule has 0 saturated heterocycles. The van der Waals surface area contributed by atoms with Crippen molar-refractivity contribution in [3.05, 3.63) is 59.1 Å². The van der Waals surface area contributed by atoms with E-state index in [1.165, 1.54) is 21.5 Å². The van der Waals surface area contributed by atoms with Crippen molar-refractivity contribution in [2.75, 3.05) is 0 Å². The van der Waals surface area contributed by atoms with Gasteiger partial charge in [0.05, 0.1) is 5.52 Å². The fourth-order valence-corrected chi connectivity index (χ4v) is 3.14. The molecule has 1 aliphatic rings. The molecule has 3 aromatic rings. The van der Waals surface area contributed by atoms with E-state index in [0.29, 0.717) is 0 Å². The number of hydrogen-bond acceptors (Lipinski definition) is 1. The summed E-state index contributed by atoms with van der Waals surface area (Å²) in [5, 5.41) is 13.0. The van der Waals surface area contributed by atoms with E-state index in [-0.39, 0.29) is 0 Å². The normalized spacial score (nSPS) is 13.4. The summed E-state index contributed by atoms with van der Waals surface area (Å²) in [7, 11) is 1.13. The van der Waals surface area contributed by atoms with Crippen LogP contribution in [0.1, 0.15) is 12.8 Å². The smallest absolute Gasteiger partial charge is 0.326 e. The molecule has 101 valence electrons. The maximum Gasteiger partial charge on any atom is 0.326 e. The summed E-state index contributed by atoms with van der Waals surface area (Å²) in [4.78, 5) is 0. The zero-order valence-corrected chi connectivity index (χ0v) is 11.7. The third-order valence-electron chi connectivity index (χ3n) is 4.11. The second-order valence-corrected chi connectivity index (χ2v) is 5.36. The zero-order chi connectivity index (χ0) is 14.2. The minimum Gasteiger partial charge on any atom is -0.450 e. The van der Waals surface area contributed by atoms with Gasteiger partial charge in [0.25, 0.3) is 0 Å². The van der Waals surface area contributed by atoms with E-state index in [1.807, 2.05) is 12.1 Å². The molecule has 1 aliphatic carbocycles. The van der Waals surface area contributed by atoms with Crippen LogP contribution in [0.2, 0.25) is 0 Å². The summed E-state index contributed by atoms with van der Waals surface area (Å²) in [6.07, 6.45) is 6.86. The van der Waals surface area contributed by atoms with Crippen LogP contribution in [0.15, 0.2) is 48.5 Å². The molecule has 0 fully saturated rings. The van der Waals surface area contributed by atoms with E-state index >= 15 is 0 Å². The van der Waals surface area contributed by atoms with E-state index in [2.05, 4.69) is 53.1 Å². The summed E-state index contributed by atoms with van der Waals surface area (Å²) in [5.74, 6) is 0. The molecular formula is C18H15BNO. The van der Waals surface area contributed by atoms with Gasteiger partial charge in [-0.1, -0.05) is 47.9 Å². The number of benzene rings is 2. The van der Waals surface area contributed by atoms with E-state index < -0.39 is 0 Å². The largest absolute Gasteiger partial charge is 0.450 e. The summed E-state index contributed by atoms with van der Waals surface area (Å²) in [6, 6.07) is 16.5. The van der Waals surface area contributed by atoms with E-state index in [4.69, 9.17) is 5.02 Å². The van der Waals surface area contributed by atoms with Crippen LogP contribution < -0.4 is 16.0 Å². The minimum absolute atomic E-state index is 0.819. The lowest BCUT2D eigenvalue weighted by Gasteiger charge is -2.08. The molecule has 1 aromatic heterocycles. The van der Waals surface area contributed by atoms with Crippen LogP contribution in [-0.4, -0.2) is 17.1 Å².